The second kappa shape index (κ2) is 11.2. The van der Waals surface area contributed by atoms with Crippen LogP contribution in [0.4, 0.5) is 10.3 Å². The van der Waals surface area contributed by atoms with Crippen LogP contribution in [0, 0.1) is 12.7 Å². The zero-order valence-electron chi connectivity index (χ0n) is 23.3. The molecular formula is C29H31FN8O4. The van der Waals surface area contributed by atoms with Crippen molar-refractivity contribution in [2.24, 2.45) is 5.16 Å². The standard InChI is InChI=1S/C29H31FN8O4/c1-16-27-23(35-29(31)32-16)13-22(19-8-6-17(30)12-20(19)21-4-3-5-24(33-21)41-2)34-28(27)36-42-15-26(40)37-10-11-38-18(14-37)7-9-25(38)39/h3-6,8,12,18,22H,7,9-11,13-15H2,1-2H3,(H,34,36)(H2,31,32,35). The maximum atomic E-state index is 14.5. The average Bonchev–Trinajstić information content (AvgIpc) is 3.36. The van der Waals surface area contributed by atoms with E-state index >= 15 is 0 Å². The molecule has 2 saturated heterocycles. The van der Waals surface area contributed by atoms with Crippen molar-refractivity contribution in [1.29, 1.82) is 0 Å². The number of piperazine rings is 1. The van der Waals surface area contributed by atoms with E-state index in [-0.39, 0.29) is 30.4 Å². The fourth-order valence-corrected chi connectivity index (χ4v) is 5.92. The average molecular weight is 575 g/mol. The number of nitrogens with zero attached hydrogens (tertiary/aromatic N) is 6. The molecule has 13 heteroatoms. The molecule has 6 rings (SSSR count). The fraction of sp³-hybridized carbons (Fsp3) is 0.379. The van der Waals surface area contributed by atoms with Crippen molar-refractivity contribution in [3.8, 4) is 17.1 Å². The minimum absolute atomic E-state index is 0.0587. The van der Waals surface area contributed by atoms with Crippen molar-refractivity contribution in [3.63, 3.8) is 0 Å². The largest absolute Gasteiger partial charge is 0.481 e. The molecule has 2 unspecified atom stereocenters. The van der Waals surface area contributed by atoms with Crippen molar-refractivity contribution in [1.82, 2.24) is 30.1 Å². The summed E-state index contributed by atoms with van der Waals surface area (Å²) in [5, 5.41) is 7.70. The molecule has 42 heavy (non-hydrogen) atoms. The summed E-state index contributed by atoms with van der Waals surface area (Å²) in [6, 6.07) is 9.46. The third-order valence-corrected chi connectivity index (χ3v) is 7.92. The molecule has 0 radical (unpaired) electrons. The van der Waals surface area contributed by atoms with Gasteiger partial charge in [-0.2, -0.15) is 0 Å². The number of nitrogens with one attached hydrogen (secondary N) is 1. The molecule has 2 aromatic heterocycles. The summed E-state index contributed by atoms with van der Waals surface area (Å²) in [5.41, 5.74) is 9.75. The molecule has 3 aliphatic rings. The van der Waals surface area contributed by atoms with Crippen LogP contribution in [-0.2, 0) is 20.8 Å². The number of carbonyl (C=O) groups excluding carboxylic acids is 2. The monoisotopic (exact) mass is 574 g/mol. The predicted octanol–water partition coefficient (Wildman–Crippen LogP) is 1.98. The number of nitrogen functional groups attached to an aromatic ring is 1. The lowest BCUT2D eigenvalue weighted by molar-refractivity contribution is -0.142. The van der Waals surface area contributed by atoms with Gasteiger partial charge in [0, 0.05) is 50.1 Å². The third-order valence-electron chi connectivity index (χ3n) is 7.92. The first kappa shape index (κ1) is 27.4. The SMILES string of the molecule is COc1cccc(-c2cc(F)ccc2C2Cc3nc(N)nc(C)c3C(=NOCC(=O)N3CCN4C(=O)CCC4C3)N2)n1. The van der Waals surface area contributed by atoms with Gasteiger partial charge >= 0.3 is 0 Å². The van der Waals surface area contributed by atoms with Gasteiger partial charge < -0.3 is 30.4 Å². The molecule has 2 atom stereocenters. The Morgan fingerprint density at radius 2 is 2.07 bits per heavy atom. The van der Waals surface area contributed by atoms with Crippen LogP contribution in [0.2, 0.25) is 0 Å². The number of benzene rings is 1. The summed E-state index contributed by atoms with van der Waals surface area (Å²) in [6.07, 6.45) is 1.69. The van der Waals surface area contributed by atoms with Crippen LogP contribution in [0.25, 0.3) is 11.3 Å². The number of hydrogen-bond acceptors (Lipinski definition) is 9. The Morgan fingerprint density at radius 1 is 1.21 bits per heavy atom. The van der Waals surface area contributed by atoms with E-state index in [9.17, 15) is 14.0 Å². The normalized spacial score (nSPS) is 20.6. The molecule has 0 saturated carbocycles. The maximum Gasteiger partial charge on any atom is 0.263 e. The van der Waals surface area contributed by atoms with E-state index in [1.807, 2.05) is 4.90 Å². The van der Waals surface area contributed by atoms with Crippen molar-refractivity contribution < 1.29 is 23.6 Å². The van der Waals surface area contributed by atoms with Crippen LogP contribution in [-0.4, -0.2) is 81.8 Å². The second-order valence-electron chi connectivity index (χ2n) is 10.5. The number of oxime groups is 1. The molecular weight excluding hydrogens is 543 g/mol. The zero-order valence-corrected chi connectivity index (χ0v) is 23.3. The molecule has 0 bridgehead atoms. The van der Waals surface area contributed by atoms with E-state index in [1.54, 1.807) is 36.1 Å². The Balaban J connectivity index is 1.26. The highest BCUT2D eigenvalue weighted by Gasteiger charge is 2.37. The molecule has 0 aliphatic carbocycles. The van der Waals surface area contributed by atoms with E-state index < -0.39 is 11.9 Å². The van der Waals surface area contributed by atoms with Gasteiger partial charge in [-0.3, -0.25) is 9.59 Å². The number of fused-ring (bicyclic) bond motifs is 2. The number of pyridine rings is 1. The molecule has 2 amide bonds. The summed E-state index contributed by atoms with van der Waals surface area (Å²) in [4.78, 5) is 47.4. The molecule has 3 aliphatic heterocycles. The lowest BCUT2D eigenvalue weighted by Crippen LogP contribution is -2.53. The first-order chi connectivity index (χ1) is 20.3. The molecule has 1 aromatic carbocycles. The van der Waals surface area contributed by atoms with Crippen LogP contribution in [0.1, 0.15) is 41.4 Å². The van der Waals surface area contributed by atoms with Crippen LogP contribution < -0.4 is 15.8 Å². The van der Waals surface area contributed by atoms with Crippen LogP contribution >= 0.6 is 0 Å². The highest BCUT2D eigenvalue weighted by atomic mass is 19.1. The van der Waals surface area contributed by atoms with Gasteiger partial charge in [-0.05, 0) is 37.1 Å². The van der Waals surface area contributed by atoms with Crippen molar-refractivity contribution in [2.45, 2.75) is 38.3 Å². The highest BCUT2D eigenvalue weighted by molar-refractivity contribution is 6.02. The van der Waals surface area contributed by atoms with Gasteiger partial charge in [-0.25, -0.2) is 19.3 Å². The number of aromatic nitrogens is 3. The van der Waals surface area contributed by atoms with Crippen LogP contribution in [0.15, 0.2) is 41.6 Å². The lowest BCUT2D eigenvalue weighted by atomic mass is 9.90. The van der Waals surface area contributed by atoms with Gasteiger partial charge in [0.1, 0.15) is 5.82 Å². The smallest absolute Gasteiger partial charge is 0.263 e. The number of amides is 2. The number of anilines is 1. The second-order valence-corrected chi connectivity index (χ2v) is 10.5. The van der Waals surface area contributed by atoms with E-state index in [4.69, 9.17) is 15.3 Å². The van der Waals surface area contributed by atoms with Gasteiger partial charge in [-0.1, -0.05) is 17.3 Å². The van der Waals surface area contributed by atoms with E-state index in [0.29, 0.717) is 72.4 Å². The highest BCUT2D eigenvalue weighted by Crippen LogP contribution is 2.34. The number of ether oxygens (including phenoxy) is 1. The molecule has 0 spiro atoms. The van der Waals surface area contributed by atoms with E-state index in [0.717, 1.165) is 12.0 Å². The van der Waals surface area contributed by atoms with Gasteiger partial charge in [-0.15, -0.1) is 0 Å². The summed E-state index contributed by atoms with van der Waals surface area (Å²) in [5.74, 6) is 0.405. The Kier molecular flexibility index (Phi) is 7.31. The predicted molar refractivity (Wildman–Crippen MR) is 151 cm³/mol. The fourth-order valence-electron chi connectivity index (χ4n) is 5.92. The van der Waals surface area contributed by atoms with Crippen molar-refractivity contribution >= 4 is 23.6 Å². The number of amidine groups is 1. The van der Waals surface area contributed by atoms with E-state index in [1.165, 1.54) is 19.2 Å². The molecule has 5 heterocycles. The Hall–Kier alpha value is -4.81. The first-order valence-corrected chi connectivity index (χ1v) is 13.8. The lowest BCUT2D eigenvalue weighted by Gasteiger charge is -2.37. The Labute approximate surface area is 241 Å². The van der Waals surface area contributed by atoms with Crippen molar-refractivity contribution in [2.75, 3.05) is 39.1 Å². The summed E-state index contributed by atoms with van der Waals surface area (Å²) < 4.78 is 19.8. The summed E-state index contributed by atoms with van der Waals surface area (Å²) in [7, 11) is 1.52. The molecule has 3 N–H and O–H groups in total. The van der Waals surface area contributed by atoms with Gasteiger partial charge in [0.25, 0.3) is 5.91 Å². The number of hydrogen-bond donors (Lipinski definition) is 2. The van der Waals surface area contributed by atoms with Gasteiger partial charge in [0.15, 0.2) is 12.4 Å². The van der Waals surface area contributed by atoms with Crippen LogP contribution in [0.5, 0.6) is 5.88 Å². The van der Waals surface area contributed by atoms with Gasteiger partial charge in [0.05, 0.1) is 35.8 Å². The maximum absolute atomic E-state index is 14.5. The quantitative estimate of drug-likeness (QED) is 0.422. The summed E-state index contributed by atoms with van der Waals surface area (Å²) >= 11 is 0. The van der Waals surface area contributed by atoms with Gasteiger partial charge in [0.2, 0.25) is 17.7 Å². The number of carbonyl (C=O) groups is 2. The summed E-state index contributed by atoms with van der Waals surface area (Å²) in [6.45, 7) is 3.01. The third kappa shape index (κ3) is 5.29. The number of aryl methyl sites for hydroxylation is 1. The zero-order chi connectivity index (χ0) is 29.4. The first-order valence-electron chi connectivity index (χ1n) is 13.8. The van der Waals surface area contributed by atoms with Crippen molar-refractivity contribution in [3.05, 3.63) is 64.7 Å². The van der Waals surface area contributed by atoms with Crippen LogP contribution in [0.3, 0.4) is 0 Å². The Bertz CT molecular complexity index is 1580. The number of nitrogens with two attached hydrogens (primary N) is 1. The number of rotatable bonds is 6. The molecule has 12 nitrogen and oxygen atoms in total. The number of halogens is 1. The Morgan fingerprint density at radius 3 is 2.90 bits per heavy atom. The minimum atomic E-state index is -0.407. The van der Waals surface area contributed by atoms with E-state index in [2.05, 4.69) is 25.4 Å². The topological polar surface area (TPSA) is 148 Å². The minimum Gasteiger partial charge on any atom is -0.481 e. The number of methoxy groups -OCH3 is 1. The molecule has 2 fully saturated rings. The molecule has 3 aromatic rings. The molecule has 218 valence electrons.